The van der Waals surface area contributed by atoms with E-state index in [1.807, 2.05) is 22.9 Å². The molecule has 0 atom stereocenters. The molecule has 2 rings (SSSR count). The van der Waals surface area contributed by atoms with Gasteiger partial charge in [0.25, 0.3) is 0 Å². The maximum Gasteiger partial charge on any atom is 0.164 e. The summed E-state index contributed by atoms with van der Waals surface area (Å²) in [6.07, 6.45) is 3.44. The van der Waals surface area contributed by atoms with E-state index in [4.69, 9.17) is 4.74 Å². The number of thiophene rings is 1. The van der Waals surface area contributed by atoms with Crippen LogP contribution in [-0.2, 0) is 6.61 Å². The molecule has 0 saturated carbocycles. The lowest BCUT2D eigenvalue weighted by molar-refractivity contribution is 0.101. The van der Waals surface area contributed by atoms with E-state index in [9.17, 15) is 4.79 Å². The largest absolute Gasteiger partial charge is 0.487 e. The zero-order chi connectivity index (χ0) is 11.4. The highest BCUT2D eigenvalue weighted by molar-refractivity contribution is 7.08. The number of ketones is 1. The summed E-state index contributed by atoms with van der Waals surface area (Å²) in [5, 5.41) is 3.65. The van der Waals surface area contributed by atoms with Gasteiger partial charge in [-0.1, -0.05) is 0 Å². The van der Waals surface area contributed by atoms with Crippen LogP contribution in [0.5, 0.6) is 5.75 Å². The average molecular weight is 233 g/mol. The molecule has 16 heavy (non-hydrogen) atoms. The molecular weight excluding hydrogens is 222 g/mol. The molecule has 0 amide bonds. The number of hydrogen-bond donors (Lipinski definition) is 0. The number of carbonyl (C=O) groups is 1. The van der Waals surface area contributed by atoms with Crippen molar-refractivity contribution in [2.45, 2.75) is 13.5 Å². The topological polar surface area (TPSA) is 39.2 Å². The first-order valence-electron chi connectivity index (χ1n) is 4.86. The fraction of sp³-hybridized carbons (Fsp3) is 0.167. The number of Topliss-reactive ketones (excluding diaryl/α,β-unsaturated/α-hetero) is 1. The Morgan fingerprint density at radius 2 is 2.12 bits per heavy atom. The number of aromatic nitrogens is 1. The average Bonchev–Trinajstić information content (AvgIpc) is 2.76. The molecule has 82 valence electrons. The number of rotatable bonds is 4. The summed E-state index contributed by atoms with van der Waals surface area (Å²) >= 11 is 1.47. The lowest BCUT2D eigenvalue weighted by Crippen LogP contribution is -1.99. The van der Waals surface area contributed by atoms with Gasteiger partial charge in [0.05, 0.1) is 5.56 Å². The van der Waals surface area contributed by atoms with Crippen LogP contribution in [-0.4, -0.2) is 10.8 Å². The van der Waals surface area contributed by atoms with Gasteiger partial charge in [0.2, 0.25) is 0 Å². The van der Waals surface area contributed by atoms with Gasteiger partial charge >= 0.3 is 0 Å². The summed E-state index contributed by atoms with van der Waals surface area (Å²) in [7, 11) is 0. The third-order valence-electron chi connectivity index (χ3n) is 2.15. The Morgan fingerprint density at radius 3 is 2.81 bits per heavy atom. The van der Waals surface area contributed by atoms with E-state index in [1.54, 1.807) is 19.3 Å². The summed E-state index contributed by atoms with van der Waals surface area (Å²) in [6.45, 7) is 2.00. The van der Waals surface area contributed by atoms with Crippen LogP contribution >= 0.6 is 11.3 Å². The smallest absolute Gasteiger partial charge is 0.164 e. The van der Waals surface area contributed by atoms with Crippen molar-refractivity contribution in [1.82, 2.24) is 4.98 Å². The number of nitrogens with zero attached hydrogens (tertiary/aromatic N) is 1. The van der Waals surface area contributed by atoms with Crippen molar-refractivity contribution in [2.75, 3.05) is 0 Å². The molecule has 2 aromatic rings. The SMILES string of the molecule is CC(=O)c1cscc1OCc1ccncc1. The van der Waals surface area contributed by atoms with E-state index >= 15 is 0 Å². The summed E-state index contributed by atoms with van der Waals surface area (Å²) < 4.78 is 5.59. The van der Waals surface area contributed by atoms with Crippen molar-refractivity contribution >= 4 is 17.1 Å². The number of carbonyl (C=O) groups excluding carboxylic acids is 1. The molecule has 0 unspecified atom stereocenters. The first-order chi connectivity index (χ1) is 7.77. The summed E-state index contributed by atoms with van der Waals surface area (Å²) in [4.78, 5) is 15.2. The predicted molar refractivity (Wildman–Crippen MR) is 62.9 cm³/mol. The molecule has 2 heterocycles. The highest BCUT2D eigenvalue weighted by atomic mass is 32.1. The van der Waals surface area contributed by atoms with E-state index in [2.05, 4.69) is 4.98 Å². The van der Waals surface area contributed by atoms with Crippen molar-refractivity contribution in [3.63, 3.8) is 0 Å². The molecule has 0 aromatic carbocycles. The van der Waals surface area contributed by atoms with Crippen molar-refractivity contribution < 1.29 is 9.53 Å². The second-order valence-electron chi connectivity index (χ2n) is 3.35. The molecule has 0 saturated heterocycles. The Balaban J connectivity index is 2.05. The normalized spacial score (nSPS) is 10.1. The minimum Gasteiger partial charge on any atom is -0.487 e. The molecule has 0 bridgehead atoms. The Kier molecular flexibility index (Phi) is 3.31. The monoisotopic (exact) mass is 233 g/mol. The maximum absolute atomic E-state index is 11.3. The van der Waals surface area contributed by atoms with Gasteiger partial charge in [-0.3, -0.25) is 9.78 Å². The van der Waals surface area contributed by atoms with Crippen molar-refractivity contribution in [3.05, 3.63) is 46.4 Å². The zero-order valence-electron chi connectivity index (χ0n) is 8.84. The molecule has 0 aliphatic rings. The second kappa shape index (κ2) is 4.90. The van der Waals surface area contributed by atoms with E-state index < -0.39 is 0 Å². The first kappa shape index (κ1) is 10.8. The van der Waals surface area contributed by atoms with E-state index in [0.29, 0.717) is 17.9 Å². The van der Waals surface area contributed by atoms with Crippen LogP contribution in [0.1, 0.15) is 22.8 Å². The molecule has 0 N–H and O–H groups in total. The molecule has 0 aliphatic carbocycles. The highest BCUT2D eigenvalue weighted by Gasteiger charge is 2.09. The van der Waals surface area contributed by atoms with Gasteiger partial charge in [0.1, 0.15) is 12.4 Å². The second-order valence-corrected chi connectivity index (χ2v) is 4.09. The molecule has 0 aliphatic heterocycles. The molecule has 0 radical (unpaired) electrons. The minimum atomic E-state index is 0.0333. The molecule has 3 nitrogen and oxygen atoms in total. The molecule has 0 fully saturated rings. The minimum absolute atomic E-state index is 0.0333. The highest BCUT2D eigenvalue weighted by Crippen LogP contribution is 2.24. The summed E-state index contributed by atoms with van der Waals surface area (Å²) in [6, 6.07) is 3.78. The quantitative estimate of drug-likeness (QED) is 0.762. The van der Waals surface area contributed by atoms with Gasteiger partial charge in [0, 0.05) is 23.2 Å². The predicted octanol–water partition coefficient (Wildman–Crippen LogP) is 2.92. The number of pyridine rings is 1. The van der Waals surface area contributed by atoms with Gasteiger partial charge in [-0.25, -0.2) is 0 Å². The molecule has 2 aromatic heterocycles. The van der Waals surface area contributed by atoms with Crippen LogP contribution < -0.4 is 4.74 Å². The van der Waals surface area contributed by atoms with E-state index in [0.717, 1.165) is 5.56 Å². The standard InChI is InChI=1S/C12H11NO2S/c1-9(14)11-7-16-8-12(11)15-6-10-2-4-13-5-3-10/h2-5,7-8H,6H2,1H3. The van der Waals surface area contributed by atoms with Crippen LogP contribution in [0, 0.1) is 0 Å². The molecule has 0 spiro atoms. The fourth-order valence-corrected chi connectivity index (χ4v) is 2.10. The zero-order valence-corrected chi connectivity index (χ0v) is 9.66. The van der Waals surface area contributed by atoms with Crippen LogP contribution in [0.2, 0.25) is 0 Å². The number of ether oxygens (including phenoxy) is 1. The lowest BCUT2D eigenvalue weighted by atomic mass is 10.2. The molecular formula is C12H11NO2S. The van der Waals surface area contributed by atoms with Crippen molar-refractivity contribution in [1.29, 1.82) is 0 Å². The van der Waals surface area contributed by atoms with Crippen LogP contribution in [0.25, 0.3) is 0 Å². The van der Waals surface area contributed by atoms with Crippen LogP contribution in [0.3, 0.4) is 0 Å². The van der Waals surface area contributed by atoms with Gasteiger partial charge in [-0.15, -0.1) is 11.3 Å². The Morgan fingerprint density at radius 1 is 1.38 bits per heavy atom. The van der Waals surface area contributed by atoms with Gasteiger partial charge in [-0.05, 0) is 24.6 Å². The van der Waals surface area contributed by atoms with Crippen molar-refractivity contribution in [2.24, 2.45) is 0 Å². The van der Waals surface area contributed by atoms with Crippen LogP contribution in [0.15, 0.2) is 35.3 Å². The maximum atomic E-state index is 11.3. The Bertz CT molecular complexity index is 479. The third-order valence-corrected chi connectivity index (χ3v) is 2.87. The Labute approximate surface area is 97.7 Å². The fourth-order valence-electron chi connectivity index (χ4n) is 1.29. The summed E-state index contributed by atoms with van der Waals surface area (Å²) in [5.74, 6) is 0.695. The van der Waals surface area contributed by atoms with Crippen molar-refractivity contribution in [3.8, 4) is 5.75 Å². The van der Waals surface area contributed by atoms with Gasteiger partial charge in [0.15, 0.2) is 5.78 Å². The van der Waals surface area contributed by atoms with Crippen LogP contribution in [0.4, 0.5) is 0 Å². The lowest BCUT2D eigenvalue weighted by Gasteiger charge is -2.05. The van der Waals surface area contributed by atoms with E-state index in [1.165, 1.54) is 11.3 Å². The Hall–Kier alpha value is -1.68. The third kappa shape index (κ3) is 2.46. The molecule has 4 heteroatoms. The van der Waals surface area contributed by atoms with E-state index in [-0.39, 0.29) is 5.78 Å². The first-order valence-corrected chi connectivity index (χ1v) is 5.80. The van der Waals surface area contributed by atoms with Gasteiger partial charge < -0.3 is 4.74 Å². The van der Waals surface area contributed by atoms with Gasteiger partial charge in [-0.2, -0.15) is 0 Å². The number of hydrogen-bond acceptors (Lipinski definition) is 4. The summed E-state index contributed by atoms with van der Waals surface area (Å²) in [5.41, 5.74) is 1.69.